The zero-order valence-electron chi connectivity index (χ0n) is 10.1. The van der Waals surface area contributed by atoms with E-state index in [1.165, 1.54) is 0 Å². The zero-order valence-corrected chi connectivity index (χ0v) is 10.1. The largest absolute Gasteiger partial charge is 0.478 e. The van der Waals surface area contributed by atoms with Crippen molar-refractivity contribution in [2.24, 2.45) is 0 Å². The number of carboxylic acids is 1. The van der Waals surface area contributed by atoms with Crippen molar-refractivity contribution in [3.63, 3.8) is 0 Å². The van der Waals surface area contributed by atoms with E-state index in [0.717, 1.165) is 22.6 Å². The van der Waals surface area contributed by atoms with Gasteiger partial charge in [-0.25, -0.2) is 9.48 Å². The van der Waals surface area contributed by atoms with Crippen molar-refractivity contribution < 1.29 is 9.90 Å². The van der Waals surface area contributed by atoms with Crippen molar-refractivity contribution in [2.45, 2.75) is 20.8 Å². The van der Waals surface area contributed by atoms with Crippen LogP contribution in [-0.2, 0) is 0 Å². The van der Waals surface area contributed by atoms with Gasteiger partial charge < -0.3 is 5.11 Å². The highest BCUT2D eigenvalue weighted by Gasteiger charge is 2.13. The summed E-state index contributed by atoms with van der Waals surface area (Å²) < 4.78 is 1.77. The molecule has 4 heteroatoms. The molecule has 17 heavy (non-hydrogen) atoms. The number of carbonyl (C=O) groups is 1. The third kappa shape index (κ3) is 1.93. The van der Waals surface area contributed by atoms with E-state index in [-0.39, 0.29) is 0 Å². The SMILES string of the molecule is Cc1cc(C)n(-c2cccc(C(=O)O)c2C)n1. The van der Waals surface area contributed by atoms with E-state index in [0.29, 0.717) is 5.56 Å². The predicted octanol–water partition coefficient (Wildman–Crippen LogP) is 2.50. The Hall–Kier alpha value is -2.10. The zero-order chi connectivity index (χ0) is 12.6. The average Bonchev–Trinajstić information content (AvgIpc) is 2.57. The van der Waals surface area contributed by atoms with Crippen LogP contribution >= 0.6 is 0 Å². The molecule has 0 aliphatic rings. The molecule has 2 rings (SSSR count). The second-order valence-corrected chi connectivity index (χ2v) is 4.09. The molecule has 1 heterocycles. The Kier molecular flexibility index (Phi) is 2.71. The molecule has 1 N–H and O–H groups in total. The highest BCUT2D eigenvalue weighted by atomic mass is 16.4. The molecular weight excluding hydrogens is 216 g/mol. The average molecular weight is 230 g/mol. The second kappa shape index (κ2) is 4.05. The molecule has 0 unspecified atom stereocenters. The lowest BCUT2D eigenvalue weighted by Crippen LogP contribution is -2.06. The number of aryl methyl sites for hydroxylation is 2. The lowest BCUT2D eigenvalue weighted by atomic mass is 10.1. The molecule has 1 aromatic carbocycles. The van der Waals surface area contributed by atoms with Gasteiger partial charge in [0.2, 0.25) is 0 Å². The number of aromatic carboxylic acids is 1. The summed E-state index contributed by atoms with van der Waals surface area (Å²) in [5.41, 5.74) is 3.77. The summed E-state index contributed by atoms with van der Waals surface area (Å²) in [4.78, 5) is 11.1. The number of benzene rings is 1. The molecule has 0 spiro atoms. The van der Waals surface area contributed by atoms with E-state index >= 15 is 0 Å². The Balaban J connectivity index is 2.64. The van der Waals surface area contributed by atoms with Crippen LogP contribution in [0.4, 0.5) is 0 Å². The number of carboxylic acid groups (broad SMARTS) is 1. The van der Waals surface area contributed by atoms with Crippen LogP contribution in [0.1, 0.15) is 27.3 Å². The molecule has 1 aromatic heterocycles. The highest BCUT2D eigenvalue weighted by molar-refractivity contribution is 5.90. The lowest BCUT2D eigenvalue weighted by molar-refractivity contribution is 0.0696. The van der Waals surface area contributed by atoms with Gasteiger partial charge in [0.05, 0.1) is 16.9 Å². The first-order chi connectivity index (χ1) is 8.00. The molecule has 0 amide bonds. The van der Waals surface area contributed by atoms with Crippen LogP contribution in [0, 0.1) is 20.8 Å². The van der Waals surface area contributed by atoms with Crippen LogP contribution in [0.3, 0.4) is 0 Å². The third-order valence-electron chi connectivity index (χ3n) is 2.77. The molecular formula is C13H14N2O2. The van der Waals surface area contributed by atoms with Crippen LogP contribution in [-0.4, -0.2) is 20.9 Å². The molecule has 0 bridgehead atoms. The van der Waals surface area contributed by atoms with Gasteiger partial charge in [-0.1, -0.05) is 6.07 Å². The van der Waals surface area contributed by atoms with Crippen molar-refractivity contribution in [3.05, 3.63) is 46.8 Å². The van der Waals surface area contributed by atoms with Gasteiger partial charge in [-0.05, 0) is 44.5 Å². The molecule has 4 nitrogen and oxygen atoms in total. The first kappa shape index (κ1) is 11.4. The summed E-state index contributed by atoms with van der Waals surface area (Å²) in [6, 6.07) is 7.18. The fourth-order valence-corrected chi connectivity index (χ4v) is 1.96. The first-order valence-electron chi connectivity index (χ1n) is 5.37. The summed E-state index contributed by atoms with van der Waals surface area (Å²) in [6.07, 6.45) is 0. The molecule has 0 radical (unpaired) electrons. The summed E-state index contributed by atoms with van der Waals surface area (Å²) >= 11 is 0. The van der Waals surface area contributed by atoms with Gasteiger partial charge in [-0.15, -0.1) is 0 Å². The Bertz CT molecular complexity index is 585. The molecule has 0 saturated carbocycles. The quantitative estimate of drug-likeness (QED) is 0.862. The third-order valence-corrected chi connectivity index (χ3v) is 2.77. The summed E-state index contributed by atoms with van der Waals surface area (Å²) in [5.74, 6) is -0.911. The van der Waals surface area contributed by atoms with Gasteiger partial charge in [0.25, 0.3) is 0 Å². The van der Waals surface area contributed by atoms with Gasteiger partial charge >= 0.3 is 5.97 Å². The van der Waals surface area contributed by atoms with Crippen molar-refractivity contribution in [1.82, 2.24) is 9.78 Å². The number of hydrogen-bond donors (Lipinski definition) is 1. The fourth-order valence-electron chi connectivity index (χ4n) is 1.96. The van der Waals surface area contributed by atoms with Gasteiger partial charge in [0.15, 0.2) is 0 Å². The normalized spacial score (nSPS) is 10.5. The van der Waals surface area contributed by atoms with Gasteiger partial charge in [0.1, 0.15) is 0 Å². The molecule has 2 aromatic rings. The van der Waals surface area contributed by atoms with E-state index in [1.807, 2.05) is 26.0 Å². The van der Waals surface area contributed by atoms with E-state index in [4.69, 9.17) is 5.11 Å². The van der Waals surface area contributed by atoms with E-state index in [2.05, 4.69) is 5.10 Å². The van der Waals surface area contributed by atoms with Crippen molar-refractivity contribution in [1.29, 1.82) is 0 Å². The summed E-state index contributed by atoms with van der Waals surface area (Å²) in [6.45, 7) is 5.67. The monoisotopic (exact) mass is 230 g/mol. The molecule has 0 aliphatic heterocycles. The van der Waals surface area contributed by atoms with Crippen molar-refractivity contribution in [2.75, 3.05) is 0 Å². The number of rotatable bonds is 2. The maximum absolute atomic E-state index is 11.1. The summed E-state index contributed by atoms with van der Waals surface area (Å²) in [5, 5.41) is 13.4. The maximum atomic E-state index is 11.1. The molecule has 88 valence electrons. The van der Waals surface area contributed by atoms with Crippen LogP contribution in [0.15, 0.2) is 24.3 Å². The van der Waals surface area contributed by atoms with E-state index in [9.17, 15) is 4.79 Å². The molecule has 0 aliphatic carbocycles. The number of nitrogens with zero attached hydrogens (tertiary/aromatic N) is 2. The fraction of sp³-hybridized carbons (Fsp3) is 0.231. The van der Waals surface area contributed by atoms with Crippen LogP contribution in [0.25, 0.3) is 5.69 Å². The first-order valence-corrected chi connectivity index (χ1v) is 5.37. The van der Waals surface area contributed by atoms with Crippen molar-refractivity contribution in [3.8, 4) is 5.69 Å². The van der Waals surface area contributed by atoms with E-state index < -0.39 is 5.97 Å². The van der Waals surface area contributed by atoms with Crippen molar-refractivity contribution >= 4 is 5.97 Å². The summed E-state index contributed by atoms with van der Waals surface area (Å²) in [7, 11) is 0. The standard InChI is InChI=1S/C13H14N2O2/c1-8-7-9(2)15(14-8)12-6-4-5-11(10(12)3)13(16)17/h4-7H,1-3H3,(H,16,17). The van der Waals surface area contributed by atoms with Gasteiger partial charge in [-0.2, -0.15) is 5.10 Å². The minimum Gasteiger partial charge on any atom is -0.478 e. The van der Waals surface area contributed by atoms with Gasteiger partial charge in [0, 0.05) is 5.69 Å². The number of aromatic nitrogens is 2. The minimum absolute atomic E-state index is 0.315. The molecule has 0 atom stereocenters. The minimum atomic E-state index is -0.911. The highest BCUT2D eigenvalue weighted by Crippen LogP contribution is 2.19. The second-order valence-electron chi connectivity index (χ2n) is 4.09. The Morgan fingerprint density at radius 2 is 2.00 bits per heavy atom. The van der Waals surface area contributed by atoms with Crippen LogP contribution in [0.2, 0.25) is 0 Å². The van der Waals surface area contributed by atoms with Crippen LogP contribution < -0.4 is 0 Å². The molecule has 0 saturated heterocycles. The topological polar surface area (TPSA) is 55.1 Å². The van der Waals surface area contributed by atoms with E-state index in [1.54, 1.807) is 23.7 Å². The Morgan fingerprint density at radius 3 is 2.53 bits per heavy atom. The number of hydrogen-bond acceptors (Lipinski definition) is 2. The lowest BCUT2D eigenvalue weighted by Gasteiger charge is -2.10. The molecule has 0 fully saturated rings. The smallest absolute Gasteiger partial charge is 0.336 e. The van der Waals surface area contributed by atoms with Gasteiger partial charge in [-0.3, -0.25) is 0 Å². The predicted molar refractivity (Wildman–Crippen MR) is 64.7 cm³/mol. The van der Waals surface area contributed by atoms with Crippen LogP contribution in [0.5, 0.6) is 0 Å². The maximum Gasteiger partial charge on any atom is 0.336 e. The Labute approximate surface area is 99.5 Å². The Morgan fingerprint density at radius 1 is 1.29 bits per heavy atom.